The summed E-state index contributed by atoms with van der Waals surface area (Å²) in [6.07, 6.45) is 0. The Balaban J connectivity index is 1.63. The Morgan fingerprint density at radius 2 is 1.81 bits per heavy atom. The van der Waals surface area contributed by atoms with Crippen molar-refractivity contribution in [2.24, 2.45) is 5.73 Å². The molecule has 0 aliphatic carbocycles. The van der Waals surface area contributed by atoms with Gasteiger partial charge in [0.1, 0.15) is 10.8 Å². The van der Waals surface area contributed by atoms with Crippen molar-refractivity contribution >= 4 is 39.9 Å². The number of carbonyl (C=O) groups excluding carboxylic acids is 2. The van der Waals surface area contributed by atoms with Gasteiger partial charge in [0.05, 0.1) is 10.8 Å². The molecular formula is C22H18FN5O2S2. The molecule has 0 saturated carbocycles. The zero-order valence-corrected chi connectivity index (χ0v) is 18.5. The van der Waals surface area contributed by atoms with Gasteiger partial charge in [-0.3, -0.25) is 14.2 Å². The topological polar surface area (TPSA) is 103 Å². The predicted molar refractivity (Wildman–Crippen MR) is 124 cm³/mol. The van der Waals surface area contributed by atoms with Gasteiger partial charge in [0.15, 0.2) is 11.0 Å². The molecule has 4 rings (SSSR count). The number of nitrogens with one attached hydrogen (secondary N) is 1. The summed E-state index contributed by atoms with van der Waals surface area (Å²) in [5, 5.41) is 13.4. The number of nitrogens with two attached hydrogens (primary N) is 1. The van der Waals surface area contributed by atoms with E-state index in [9.17, 15) is 14.0 Å². The molecule has 3 N–H and O–H groups in total. The van der Waals surface area contributed by atoms with Gasteiger partial charge in [-0.1, -0.05) is 30.0 Å². The molecule has 1 atom stereocenters. The van der Waals surface area contributed by atoms with Gasteiger partial charge in [0.2, 0.25) is 5.91 Å². The fourth-order valence-corrected chi connectivity index (χ4v) is 4.63. The second kappa shape index (κ2) is 9.33. The van der Waals surface area contributed by atoms with Crippen LogP contribution in [0.25, 0.3) is 17.1 Å². The fraction of sp³-hybridized carbons (Fsp3) is 0.0909. The number of thioether (sulfide) groups is 1. The molecule has 0 fully saturated rings. The maximum atomic E-state index is 13.4. The zero-order valence-electron chi connectivity index (χ0n) is 16.9. The van der Waals surface area contributed by atoms with Gasteiger partial charge in [0.25, 0.3) is 5.91 Å². The van der Waals surface area contributed by atoms with Gasteiger partial charge >= 0.3 is 0 Å². The molecule has 0 saturated heterocycles. The number of benzene rings is 2. The number of rotatable bonds is 7. The van der Waals surface area contributed by atoms with Crippen LogP contribution in [0.3, 0.4) is 0 Å². The summed E-state index contributed by atoms with van der Waals surface area (Å²) in [5.41, 5.74) is 7.12. The van der Waals surface area contributed by atoms with Crippen LogP contribution in [0, 0.1) is 5.82 Å². The molecule has 2 aromatic carbocycles. The number of para-hydroxylation sites is 1. The van der Waals surface area contributed by atoms with E-state index in [-0.39, 0.29) is 17.3 Å². The number of primary amides is 1. The van der Waals surface area contributed by atoms with Crippen molar-refractivity contribution in [1.29, 1.82) is 0 Å². The van der Waals surface area contributed by atoms with E-state index < -0.39 is 11.2 Å². The second-order valence-corrected chi connectivity index (χ2v) is 8.99. The van der Waals surface area contributed by atoms with E-state index in [1.54, 1.807) is 30.5 Å². The maximum Gasteiger partial charge on any atom is 0.251 e. The van der Waals surface area contributed by atoms with E-state index in [0.717, 1.165) is 5.69 Å². The van der Waals surface area contributed by atoms with Crippen molar-refractivity contribution in [2.45, 2.75) is 17.3 Å². The molecule has 162 valence electrons. The molecular weight excluding hydrogens is 449 g/mol. The molecule has 7 nitrogen and oxygen atoms in total. The number of amides is 2. The molecule has 2 heterocycles. The average molecular weight is 468 g/mol. The molecule has 0 aliphatic rings. The summed E-state index contributed by atoms with van der Waals surface area (Å²) >= 11 is 2.45. The van der Waals surface area contributed by atoms with E-state index in [2.05, 4.69) is 15.5 Å². The quantitative estimate of drug-likeness (QED) is 0.393. The third kappa shape index (κ3) is 4.56. The van der Waals surface area contributed by atoms with Gasteiger partial charge in [-0.15, -0.1) is 21.5 Å². The lowest BCUT2D eigenvalue weighted by molar-refractivity contribution is -0.115. The first kappa shape index (κ1) is 21.7. The highest BCUT2D eigenvalue weighted by molar-refractivity contribution is 8.00. The van der Waals surface area contributed by atoms with Crippen LogP contribution in [-0.2, 0) is 4.79 Å². The summed E-state index contributed by atoms with van der Waals surface area (Å²) in [7, 11) is 0. The van der Waals surface area contributed by atoms with Crippen LogP contribution in [0.1, 0.15) is 17.3 Å². The smallest absolute Gasteiger partial charge is 0.251 e. The van der Waals surface area contributed by atoms with Gasteiger partial charge < -0.3 is 11.1 Å². The first-order valence-electron chi connectivity index (χ1n) is 9.55. The molecule has 0 radical (unpaired) electrons. The van der Waals surface area contributed by atoms with E-state index in [0.29, 0.717) is 21.5 Å². The monoisotopic (exact) mass is 467 g/mol. The van der Waals surface area contributed by atoms with Crippen molar-refractivity contribution < 1.29 is 14.0 Å². The highest BCUT2D eigenvalue weighted by atomic mass is 32.2. The minimum Gasteiger partial charge on any atom is -0.366 e. The zero-order chi connectivity index (χ0) is 22.7. The Morgan fingerprint density at radius 1 is 1.09 bits per heavy atom. The van der Waals surface area contributed by atoms with Crippen LogP contribution >= 0.6 is 23.1 Å². The summed E-state index contributed by atoms with van der Waals surface area (Å²) in [4.78, 5) is 24.3. The van der Waals surface area contributed by atoms with Gasteiger partial charge in [-0.2, -0.15) is 0 Å². The summed E-state index contributed by atoms with van der Waals surface area (Å²) in [5.74, 6) is -0.718. The van der Waals surface area contributed by atoms with E-state index in [4.69, 9.17) is 5.73 Å². The maximum absolute atomic E-state index is 13.4. The Labute approximate surface area is 191 Å². The number of thiophene rings is 1. The Kier molecular flexibility index (Phi) is 6.33. The van der Waals surface area contributed by atoms with Crippen LogP contribution in [-0.4, -0.2) is 31.8 Å². The largest absolute Gasteiger partial charge is 0.366 e. The summed E-state index contributed by atoms with van der Waals surface area (Å²) in [6.45, 7) is 1.74. The number of carbonyl (C=O) groups is 2. The van der Waals surface area contributed by atoms with Crippen molar-refractivity contribution in [3.05, 3.63) is 77.4 Å². The SMILES string of the molecule is CC(Sc1nnc(-c2ccc(F)cc2)n1-c1ccccc1)C(=O)Nc1sccc1C(N)=O. The molecule has 0 aliphatic heterocycles. The van der Waals surface area contributed by atoms with Crippen molar-refractivity contribution in [2.75, 3.05) is 5.32 Å². The Morgan fingerprint density at radius 3 is 2.50 bits per heavy atom. The molecule has 0 bridgehead atoms. The van der Waals surface area contributed by atoms with Crippen LogP contribution < -0.4 is 11.1 Å². The number of halogens is 1. The van der Waals surface area contributed by atoms with Crippen LogP contribution in [0.2, 0.25) is 0 Å². The summed E-state index contributed by atoms with van der Waals surface area (Å²) < 4.78 is 15.2. The fourth-order valence-electron chi connectivity index (χ4n) is 2.97. The lowest BCUT2D eigenvalue weighted by Crippen LogP contribution is -2.24. The molecule has 1 unspecified atom stereocenters. The predicted octanol–water partition coefficient (Wildman–Crippen LogP) is 4.35. The van der Waals surface area contributed by atoms with E-state index in [1.165, 1.54) is 35.2 Å². The Bertz CT molecular complexity index is 1260. The normalized spacial score (nSPS) is 11.8. The highest BCUT2D eigenvalue weighted by Crippen LogP contribution is 2.31. The van der Waals surface area contributed by atoms with E-state index in [1.807, 2.05) is 34.9 Å². The van der Waals surface area contributed by atoms with Gasteiger partial charge in [-0.05, 0) is 54.8 Å². The third-order valence-electron chi connectivity index (χ3n) is 4.57. The number of nitrogens with zero attached hydrogens (tertiary/aromatic N) is 3. The molecule has 2 amide bonds. The number of hydrogen-bond acceptors (Lipinski definition) is 6. The molecule has 10 heteroatoms. The highest BCUT2D eigenvalue weighted by Gasteiger charge is 2.23. The molecule has 2 aromatic heterocycles. The minimum atomic E-state index is -0.602. The number of anilines is 1. The number of aromatic nitrogens is 3. The van der Waals surface area contributed by atoms with Crippen LogP contribution in [0.5, 0.6) is 0 Å². The third-order valence-corrected chi connectivity index (χ3v) is 6.44. The van der Waals surface area contributed by atoms with Crippen molar-refractivity contribution in [3.63, 3.8) is 0 Å². The summed E-state index contributed by atoms with van der Waals surface area (Å²) in [6, 6.07) is 17.0. The standard InChI is InChI=1S/C22H18FN5O2S2/c1-13(20(30)25-21-17(18(24)29)11-12-31-21)32-22-27-26-19(14-7-9-15(23)10-8-14)28(22)16-5-3-2-4-6-16/h2-13H,1H3,(H2,24,29)(H,25,30). The van der Waals surface area contributed by atoms with Crippen LogP contribution in [0.4, 0.5) is 9.39 Å². The van der Waals surface area contributed by atoms with Gasteiger partial charge in [0, 0.05) is 11.3 Å². The number of hydrogen-bond donors (Lipinski definition) is 2. The Hall–Kier alpha value is -3.50. The lowest BCUT2D eigenvalue weighted by Gasteiger charge is -2.14. The van der Waals surface area contributed by atoms with Crippen molar-refractivity contribution in [3.8, 4) is 17.1 Å². The molecule has 4 aromatic rings. The first-order valence-corrected chi connectivity index (χ1v) is 11.3. The second-order valence-electron chi connectivity index (χ2n) is 6.76. The van der Waals surface area contributed by atoms with Crippen LogP contribution in [0.15, 0.2) is 71.2 Å². The van der Waals surface area contributed by atoms with Crippen molar-refractivity contribution in [1.82, 2.24) is 14.8 Å². The minimum absolute atomic E-state index is 0.270. The van der Waals surface area contributed by atoms with Gasteiger partial charge in [-0.25, -0.2) is 4.39 Å². The molecule has 0 spiro atoms. The van der Waals surface area contributed by atoms with E-state index >= 15 is 0 Å². The average Bonchev–Trinajstić information content (AvgIpc) is 3.42. The molecule has 32 heavy (non-hydrogen) atoms. The lowest BCUT2D eigenvalue weighted by atomic mass is 10.2. The first-order chi connectivity index (χ1) is 15.4.